The van der Waals surface area contributed by atoms with Crippen LogP contribution in [0.3, 0.4) is 0 Å². The number of nitrogens with one attached hydrogen (secondary N) is 2. The number of amides is 2. The number of ether oxygens (including phenoxy) is 1. The molecule has 24 heavy (non-hydrogen) atoms. The number of hydrogen-bond acceptors (Lipinski definition) is 5. The van der Waals surface area contributed by atoms with Crippen LogP contribution in [0.25, 0.3) is 6.08 Å². The molecular formula is C16H13BrN2O4S. The predicted octanol–water partition coefficient (Wildman–Crippen LogP) is 2.53. The molecule has 0 spiro atoms. The number of esters is 1. The van der Waals surface area contributed by atoms with Crippen LogP contribution in [-0.2, 0) is 14.3 Å². The van der Waals surface area contributed by atoms with Crippen molar-refractivity contribution < 1.29 is 19.1 Å². The largest absolute Gasteiger partial charge is 0.452 e. The van der Waals surface area contributed by atoms with Gasteiger partial charge < -0.3 is 4.74 Å². The molecule has 0 saturated heterocycles. The average molecular weight is 409 g/mol. The minimum Gasteiger partial charge on any atom is -0.452 e. The van der Waals surface area contributed by atoms with Gasteiger partial charge in [-0.05, 0) is 45.6 Å². The van der Waals surface area contributed by atoms with E-state index in [2.05, 4.69) is 26.8 Å². The molecule has 124 valence electrons. The molecule has 1 heterocycles. The van der Waals surface area contributed by atoms with Crippen LogP contribution in [0.4, 0.5) is 0 Å². The molecule has 0 unspecified atom stereocenters. The van der Waals surface area contributed by atoms with Crippen LogP contribution in [0.15, 0.2) is 52.3 Å². The van der Waals surface area contributed by atoms with Gasteiger partial charge in [0.15, 0.2) is 6.61 Å². The number of carbonyl (C=O) groups is 3. The van der Waals surface area contributed by atoms with Gasteiger partial charge in [0.25, 0.3) is 11.8 Å². The summed E-state index contributed by atoms with van der Waals surface area (Å²) >= 11 is 4.71. The van der Waals surface area contributed by atoms with Gasteiger partial charge in [0.1, 0.15) is 0 Å². The molecule has 0 saturated carbocycles. The highest BCUT2D eigenvalue weighted by Crippen LogP contribution is 2.15. The predicted molar refractivity (Wildman–Crippen MR) is 94.1 cm³/mol. The van der Waals surface area contributed by atoms with Gasteiger partial charge in [0.05, 0.1) is 5.56 Å². The summed E-state index contributed by atoms with van der Waals surface area (Å²) in [7, 11) is 0. The van der Waals surface area contributed by atoms with Crippen LogP contribution in [0.5, 0.6) is 0 Å². The molecule has 0 fully saturated rings. The Morgan fingerprint density at radius 2 is 1.92 bits per heavy atom. The maximum atomic E-state index is 11.9. The second kappa shape index (κ2) is 8.99. The fourth-order valence-electron chi connectivity index (χ4n) is 1.60. The van der Waals surface area contributed by atoms with Crippen molar-refractivity contribution in [2.24, 2.45) is 0 Å². The fraction of sp³-hybridized carbons (Fsp3) is 0.0625. The number of thiophene rings is 1. The monoisotopic (exact) mass is 408 g/mol. The van der Waals surface area contributed by atoms with Crippen molar-refractivity contribution in [2.75, 3.05) is 6.61 Å². The van der Waals surface area contributed by atoms with Gasteiger partial charge in [0, 0.05) is 15.4 Å². The summed E-state index contributed by atoms with van der Waals surface area (Å²) in [5.74, 6) is -1.77. The van der Waals surface area contributed by atoms with Gasteiger partial charge in [-0.2, -0.15) is 0 Å². The molecule has 0 aliphatic rings. The van der Waals surface area contributed by atoms with Gasteiger partial charge in [-0.3, -0.25) is 20.4 Å². The molecular weight excluding hydrogens is 396 g/mol. The van der Waals surface area contributed by atoms with E-state index in [-0.39, 0.29) is 0 Å². The van der Waals surface area contributed by atoms with Crippen molar-refractivity contribution in [1.82, 2.24) is 10.9 Å². The quantitative estimate of drug-likeness (QED) is 0.452. The molecule has 0 aliphatic carbocycles. The lowest BCUT2D eigenvalue weighted by Gasteiger charge is -2.08. The Kier molecular flexibility index (Phi) is 6.71. The lowest BCUT2D eigenvalue weighted by Crippen LogP contribution is -2.43. The number of hydrogen-bond donors (Lipinski definition) is 2. The van der Waals surface area contributed by atoms with E-state index in [4.69, 9.17) is 4.74 Å². The SMILES string of the molecule is O=C(COC(=O)/C=C/c1cccs1)NNC(=O)c1ccccc1Br. The molecule has 2 amide bonds. The van der Waals surface area contributed by atoms with E-state index in [9.17, 15) is 14.4 Å². The van der Waals surface area contributed by atoms with Gasteiger partial charge in [-0.1, -0.05) is 18.2 Å². The highest BCUT2D eigenvalue weighted by atomic mass is 79.9. The maximum Gasteiger partial charge on any atom is 0.331 e. The fourth-order valence-corrected chi connectivity index (χ4v) is 2.68. The molecule has 8 heteroatoms. The standard InChI is InChI=1S/C16H13BrN2O4S/c17-13-6-2-1-5-12(13)16(22)19-18-14(20)10-23-15(21)8-7-11-4-3-9-24-11/h1-9H,10H2,(H,18,20)(H,19,22)/b8-7+. The first-order chi connectivity index (χ1) is 11.6. The molecule has 2 N–H and O–H groups in total. The molecule has 2 aromatic rings. The van der Waals surface area contributed by atoms with Crippen molar-refractivity contribution in [3.8, 4) is 0 Å². The van der Waals surface area contributed by atoms with Crippen LogP contribution >= 0.6 is 27.3 Å². The van der Waals surface area contributed by atoms with E-state index < -0.39 is 24.4 Å². The second-order valence-electron chi connectivity index (χ2n) is 4.44. The third kappa shape index (κ3) is 5.64. The second-order valence-corrected chi connectivity index (χ2v) is 6.27. The zero-order valence-corrected chi connectivity index (χ0v) is 14.7. The van der Waals surface area contributed by atoms with Gasteiger partial charge in [-0.15, -0.1) is 11.3 Å². The van der Waals surface area contributed by atoms with E-state index in [1.807, 2.05) is 17.5 Å². The Hall–Kier alpha value is -2.45. The number of hydrazine groups is 1. The Balaban J connectivity index is 1.72. The zero-order chi connectivity index (χ0) is 17.4. The molecule has 0 atom stereocenters. The summed E-state index contributed by atoms with van der Waals surface area (Å²) in [6.07, 6.45) is 2.83. The van der Waals surface area contributed by atoms with Crippen LogP contribution in [-0.4, -0.2) is 24.4 Å². The van der Waals surface area contributed by atoms with Crippen molar-refractivity contribution in [3.63, 3.8) is 0 Å². The molecule has 2 rings (SSSR count). The summed E-state index contributed by atoms with van der Waals surface area (Å²) in [6.45, 7) is -0.496. The van der Waals surface area contributed by atoms with E-state index in [0.29, 0.717) is 10.0 Å². The van der Waals surface area contributed by atoms with Crippen molar-refractivity contribution in [3.05, 3.63) is 62.8 Å². The van der Waals surface area contributed by atoms with Gasteiger partial charge >= 0.3 is 5.97 Å². The highest BCUT2D eigenvalue weighted by molar-refractivity contribution is 9.10. The van der Waals surface area contributed by atoms with Crippen LogP contribution in [0.1, 0.15) is 15.2 Å². The molecule has 1 aromatic carbocycles. The molecule has 0 aliphatic heterocycles. The average Bonchev–Trinajstić information content (AvgIpc) is 3.10. The Labute approximate surface area is 150 Å². The number of halogens is 1. The van der Waals surface area contributed by atoms with E-state index in [1.165, 1.54) is 17.4 Å². The lowest BCUT2D eigenvalue weighted by atomic mass is 10.2. The topological polar surface area (TPSA) is 84.5 Å². The molecule has 0 radical (unpaired) electrons. The summed E-state index contributed by atoms with van der Waals surface area (Å²) in [5.41, 5.74) is 4.79. The van der Waals surface area contributed by atoms with Crippen molar-refractivity contribution >= 4 is 51.1 Å². The normalized spacial score (nSPS) is 10.4. The number of benzene rings is 1. The Morgan fingerprint density at radius 1 is 1.12 bits per heavy atom. The third-order valence-corrected chi connectivity index (χ3v) is 4.24. The van der Waals surface area contributed by atoms with Crippen LogP contribution in [0.2, 0.25) is 0 Å². The highest BCUT2D eigenvalue weighted by Gasteiger charge is 2.11. The molecule has 1 aromatic heterocycles. The summed E-state index contributed by atoms with van der Waals surface area (Å²) in [6, 6.07) is 10.5. The smallest absolute Gasteiger partial charge is 0.331 e. The van der Waals surface area contributed by atoms with Crippen LogP contribution < -0.4 is 10.9 Å². The van der Waals surface area contributed by atoms with Crippen molar-refractivity contribution in [1.29, 1.82) is 0 Å². The van der Waals surface area contributed by atoms with Crippen LogP contribution in [0, 0.1) is 0 Å². The summed E-state index contributed by atoms with van der Waals surface area (Å²) in [5, 5.41) is 1.88. The van der Waals surface area contributed by atoms with E-state index >= 15 is 0 Å². The van der Waals surface area contributed by atoms with Gasteiger partial charge in [0.2, 0.25) is 0 Å². The summed E-state index contributed by atoms with van der Waals surface area (Å²) < 4.78 is 5.37. The first-order valence-electron chi connectivity index (χ1n) is 6.78. The first-order valence-corrected chi connectivity index (χ1v) is 8.45. The zero-order valence-electron chi connectivity index (χ0n) is 12.3. The molecule has 6 nitrogen and oxygen atoms in total. The van der Waals surface area contributed by atoms with E-state index in [0.717, 1.165) is 4.88 Å². The minimum absolute atomic E-state index is 0.369. The molecule has 0 bridgehead atoms. The van der Waals surface area contributed by atoms with Crippen molar-refractivity contribution in [2.45, 2.75) is 0 Å². The van der Waals surface area contributed by atoms with Gasteiger partial charge in [-0.25, -0.2) is 4.79 Å². The third-order valence-electron chi connectivity index (χ3n) is 2.71. The Morgan fingerprint density at radius 3 is 2.62 bits per heavy atom. The van der Waals surface area contributed by atoms with E-state index in [1.54, 1.807) is 30.3 Å². The number of carbonyl (C=O) groups excluding carboxylic acids is 3. The minimum atomic E-state index is -0.645. The maximum absolute atomic E-state index is 11.9. The first kappa shape index (κ1) is 17.9. The number of rotatable bonds is 5. The Bertz CT molecular complexity index is 759. The summed E-state index contributed by atoms with van der Waals surface area (Å²) in [4.78, 5) is 35.8. The lowest BCUT2D eigenvalue weighted by molar-refractivity contribution is -0.144.